The zero-order chi connectivity index (χ0) is 14.7. The van der Waals surface area contributed by atoms with Crippen LogP contribution in [0.4, 0.5) is 0 Å². The number of hydrogen-bond donors (Lipinski definition) is 1. The van der Waals surface area contributed by atoms with E-state index in [1.807, 2.05) is 13.0 Å². The number of H-pyrrole nitrogens is 1. The first-order valence-corrected chi connectivity index (χ1v) is 8.33. The number of rotatable bonds is 2. The van der Waals surface area contributed by atoms with Crippen molar-refractivity contribution in [3.8, 4) is 0 Å². The van der Waals surface area contributed by atoms with E-state index < -0.39 is 0 Å². The highest BCUT2D eigenvalue weighted by atomic mass is 32.2. The Morgan fingerprint density at radius 1 is 1.45 bits per heavy atom. The molecule has 0 radical (unpaired) electrons. The molecular formula is C15H20N2OS2. The van der Waals surface area contributed by atoms with E-state index in [2.05, 4.69) is 30.7 Å². The first-order chi connectivity index (χ1) is 9.25. The molecule has 3 nitrogen and oxygen atoms in total. The molecule has 0 aromatic carbocycles. The molecule has 2 fully saturated rings. The maximum absolute atomic E-state index is 12.7. The number of nitrogens with zero attached hydrogens (tertiary/aromatic N) is 1. The van der Waals surface area contributed by atoms with Gasteiger partial charge in [-0.25, -0.2) is 4.98 Å². The molecule has 1 N–H and O–H groups in total. The fourth-order valence-corrected chi connectivity index (χ4v) is 5.82. The minimum Gasteiger partial charge on any atom is -0.335 e. The molecule has 2 bridgehead atoms. The molecule has 0 unspecified atom stereocenters. The summed E-state index contributed by atoms with van der Waals surface area (Å²) in [6.45, 7) is 8.74. The largest absolute Gasteiger partial charge is 0.335 e. The Bertz CT molecular complexity index is 637. The summed E-state index contributed by atoms with van der Waals surface area (Å²) in [6.07, 6.45) is 2.17. The predicted octanol–water partition coefficient (Wildman–Crippen LogP) is 3.93. The molecule has 5 heteroatoms. The minimum atomic E-state index is 0.0138. The van der Waals surface area contributed by atoms with E-state index >= 15 is 0 Å². The van der Waals surface area contributed by atoms with E-state index in [1.165, 1.54) is 0 Å². The van der Waals surface area contributed by atoms with Crippen molar-refractivity contribution in [1.82, 2.24) is 9.97 Å². The number of Topliss-reactive ketones (excluding diaryl/α,β-unsaturated/α-hetero) is 1. The van der Waals surface area contributed by atoms with Crippen LogP contribution in [0.2, 0.25) is 0 Å². The average Bonchev–Trinajstić information content (AvgIpc) is 2.62. The molecule has 2 aliphatic rings. The number of carbonyl (C=O) groups is 1. The van der Waals surface area contributed by atoms with E-state index in [-0.39, 0.29) is 22.0 Å². The van der Waals surface area contributed by atoms with Crippen LogP contribution in [0.25, 0.3) is 0 Å². The highest BCUT2D eigenvalue weighted by Gasteiger charge is 2.66. The quantitative estimate of drug-likeness (QED) is 0.664. The fraction of sp³-hybridized carbons (Fsp3) is 0.667. The fourth-order valence-electron chi connectivity index (χ4n) is 3.91. The molecule has 3 rings (SSSR count). The van der Waals surface area contributed by atoms with Gasteiger partial charge >= 0.3 is 0 Å². The van der Waals surface area contributed by atoms with Gasteiger partial charge in [0.2, 0.25) is 0 Å². The third-order valence-electron chi connectivity index (χ3n) is 5.57. The highest BCUT2D eigenvalue weighted by Crippen LogP contribution is 2.67. The molecular weight excluding hydrogens is 288 g/mol. The second-order valence-corrected chi connectivity index (χ2v) is 8.35. The Kier molecular flexibility index (Phi) is 3.14. The van der Waals surface area contributed by atoms with Gasteiger partial charge in [-0.15, -0.1) is 0 Å². The van der Waals surface area contributed by atoms with Crippen molar-refractivity contribution in [3.05, 3.63) is 16.5 Å². The predicted molar refractivity (Wildman–Crippen MR) is 83.4 cm³/mol. The van der Waals surface area contributed by atoms with Crippen molar-refractivity contribution >= 4 is 29.8 Å². The van der Waals surface area contributed by atoms with Crippen LogP contribution in [0.3, 0.4) is 0 Å². The normalized spacial score (nSPS) is 34.7. The van der Waals surface area contributed by atoms with Gasteiger partial charge in [-0.1, -0.05) is 32.5 Å². The minimum absolute atomic E-state index is 0.0138. The Morgan fingerprint density at radius 2 is 2.15 bits per heavy atom. The van der Waals surface area contributed by atoms with E-state index in [4.69, 9.17) is 12.2 Å². The lowest BCUT2D eigenvalue weighted by atomic mass is 9.71. The summed E-state index contributed by atoms with van der Waals surface area (Å²) in [5.41, 5.74) is 1.15. The maximum Gasteiger partial charge on any atom is 0.198 e. The van der Waals surface area contributed by atoms with Gasteiger partial charge in [0.05, 0.1) is 5.25 Å². The van der Waals surface area contributed by atoms with E-state index in [0.717, 1.165) is 23.6 Å². The number of nitrogens with one attached hydrogen (secondary N) is 1. The summed E-state index contributed by atoms with van der Waals surface area (Å²) in [6, 6.07) is 1.98. The summed E-state index contributed by atoms with van der Waals surface area (Å²) >= 11 is 6.74. The van der Waals surface area contributed by atoms with Crippen molar-refractivity contribution in [2.75, 3.05) is 0 Å². The summed E-state index contributed by atoms with van der Waals surface area (Å²) < 4.78 is 0.493. The molecule has 0 spiro atoms. The summed E-state index contributed by atoms with van der Waals surface area (Å²) in [4.78, 5) is 20.1. The van der Waals surface area contributed by atoms with E-state index in [9.17, 15) is 4.79 Å². The van der Waals surface area contributed by atoms with Crippen molar-refractivity contribution < 1.29 is 4.79 Å². The summed E-state index contributed by atoms with van der Waals surface area (Å²) in [5.74, 6) is 0.622. The van der Waals surface area contributed by atoms with Crippen LogP contribution in [0.15, 0.2) is 11.1 Å². The third kappa shape index (κ3) is 1.82. The van der Waals surface area contributed by atoms with Gasteiger partial charge in [0.1, 0.15) is 10.8 Å². The van der Waals surface area contributed by atoms with Crippen molar-refractivity contribution in [1.29, 1.82) is 0 Å². The number of aromatic nitrogens is 2. The van der Waals surface area contributed by atoms with Crippen LogP contribution >= 0.6 is 24.0 Å². The lowest BCUT2D eigenvalue weighted by Crippen LogP contribution is -2.35. The van der Waals surface area contributed by atoms with Crippen LogP contribution in [0, 0.1) is 28.4 Å². The number of thioether (sulfide) groups is 1. The van der Waals surface area contributed by atoms with E-state index in [1.54, 1.807) is 11.8 Å². The molecule has 1 aromatic heterocycles. The number of aromatic amines is 1. The molecule has 1 aromatic rings. The number of fused-ring (bicyclic) bond motifs is 2. The number of ketones is 1. The monoisotopic (exact) mass is 308 g/mol. The van der Waals surface area contributed by atoms with Crippen molar-refractivity contribution in [3.63, 3.8) is 0 Å². The molecule has 1 heterocycles. The number of carbonyl (C=O) groups excluding carboxylic acids is 1. The van der Waals surface area contributed by atoms with Crippen LogP contribution in [0.1, 0.15) is 39.3 Å². The Labute approximate surface area is 129 Å². The zero-order valence-corrected chi connectivity index (χ0v) is 14.0. The lowest BCUT2D eigenvalue weighted by molar-refractivity contribution is -0.122. The molecule has 0 amide bonds. The lowest BCUT2D eigenvalue weighted by Gasteiger charge is -2.37. The van der Waals surface area contributed by atoms with Crippen LogP contribution < -0.4 is 0 Å². The average molecular weight is 308 g/mol. The van der Waals surface area contributed by atoms with Gasteiger partial charge in [-0.2, -0.15) is 0 Å². The smallest absolute Gasteiger partial charge is 0.198 e. The second kappa shape index (κ2) is 4.41. The van der Waals surface area contributed by atoms with Gasteiger partial charge in [0, 0.05) is 11.6 Å². The molecule has 108 valence electrons. The molecule has 2 aliphatic carbocycles. The molecule has 2 saturated carbocycles. The first-order valence-electron chi connectivity index (χ1n) is 7.04. The van der Waals surface area contributed by atoms with Crippen molar-refractivity contribution in [2.24, 2.45) is 16.7 Å². The molecule has 0 aliphatic heterocycles. The molecule has 0 saturated heterocycles. The van der Waals surface area contributed by atoms with Gasteiger partial charge in [-0.3, -0.25) is 4.79 Å². The third-order valence-corrected chi connectivity index (χ3v) is 7.20. The Hall–Kier alpha value is -0.680. The van der Waals surface area contributed by atoms with Gasteiger partial charge in [-0.05, 0) is 48.9 Å². The van der Waals surface area contributed by atoms with Gasteiger partial charge in [0.15, 0.2) is 4.77 Å². The van der Waals surface area contributed by atoms with Crippen LogP contribution in [-0.2, 0) is 4.79 Å². The SMILES string of the molecule is Cc1cc(S[C@@H]2C(=O)[C@H]3CC[C@@]2(C)C3(C)C)nc(=S)[nH]1. The van der Waals surface area contributed by atoms with Crippen molar-refractivity contribution in [2.45, 2.75) is 50.8 Å². The Morgan fingerprint density at radius 3 is 2.70 bits per heavy atom. The Balaban J connectivity index is 1.96. The zero-order valence-electron chi connectivity index (χ0n) is 12.3. The number of hydrogen-bond acceptors (Lipinski definition) is 4. The summed E-state index contributed by atoms with van der Waals surface area (Å²) in [5, 5.41) is 0.883. The van der Waals surface area contributed by atoms with Crippen LogP contribution in [-0.4, -0.2) is 21.0 Å². The highest BCUT2D eigenvalue weighted by molar-refractivity contribution is 8.00. The van der Waals surface area contributed by atoms with Crippen LogP contribution in [0.5, 0.6) is 0 Å². The number of aryl methyl sites for hydroxylation is 1. The maximum atomic E-state index is 12.7. The first kappa shape index (κ1) is 14.3. The topological polar surface area (TPSA) is 45.8 Å². The van der Waals surface area contributed by atoms with Gasteiger partial charge < -0.3 is 4.98 Å². The van der Waals surface area contributed by atoms with Gasteiger partial charge in [0.25, 0.3) is 0 Å². The van der Waals surface area contributed by atoms with E-state index in [0.29, 0.717) is 10.6 Å². The molecule has 3 atom stereocenters. The molecule has 20 heavy (non-hydrogen) atoms. The summed E-state index contributed by atoms with van der Waals surface area (Å²) in [7, 11) is 0. The second-order valence-electron chi connectivity index (χ2n) is 6.84. The standard InChI is InChI=1S/C15H20N2OS2/c1-8-7-10(17-13(19)16-8)20-12-11(18)9-5-6-15(12,4)14(9,2)3/h7,9,12H,5-6H2,1-4H3,(H,16,17,19)/t9-,12-,15-/m1/s1.